The SMILES string of the molecule is CC(=O)N(C)C1CCN(CC(O)COc2ccccc2C(C)C)CC1. The molecule has 1 aromatic rings. The molecule has 1 unspecified atom stereocenters. The van der Waals surface area contributed by atoms with Crippen LogP contribution in [0.5, 0.6) is 5.75 Å². The molecule has 1 atom stereocenters. The number of aliphatic hydroxyl groups is 1. The maximum absolute atomic E-state index is 11.5. The van der Waals surface area contributed by atoms with Crippen LogP contribution in [0.25, 0.3) is 0 Å². The molecule has 1 heterocycles. The summed E-state index contributed by atoms with van der Waals surface area (Å²) in [5.74, 6) is 1.37. The molecule has 1 amide bonds. The molecule has 5 heteroatoms. The number of aliphatic hydroxyl groups excluding tert-OH is 1. The van der Waals surface area contributed by atoms with Crippen LogP contribution in [-0.2, 0) is 4.79 Å². The van der Waals surface area contributed by atoms with Crippen molar-refractivity contribution in [2.45, 2.75) is 51.7 Å². The van der Waals surface area contributed by atoms with Gasteiger partial charge in [-0.05, 0) is 30.4 Å². The van der Waals surface area contributed by atoms with Crippen LogP contribution in [0.4, 0.5) is 0 Å². The van der Waals surface area contributed by atoms with E-state index in [1.807, 2.05) is 30.1 Å². The van der Waals surface area contributed by atoms with Gasteiger partial charge in [0.2, 0.25) is 5.91 Å². The molecule has 0 aliphatic carbocycles. The first kappa shape index (κ1) is 19.7. The molecular formula is C20H32N2O3. The minimum absolute atomic E-state index is 0.121. The van der Waals surface area contributed by atoms with Crippen LogP contribution in [0, 0.1) is 0 Å². The normalized spacial score (nSPS) is 17.5. The molecular weight excluding hydrogens is 316 g/mol. The quantitative estimate of drug-likeness (QED) is 0.823. The van der Waals surface area contributed by atoms with Crippen LogP contribution in [0.2, 0.25) is 0 Å². The zero-order chi connectivity index (χ0) is 18.4. The number of ether oxygens (including phenoxy) is 1. The molecule has 5 nitrogen and oxygen atoms in total. The Bertz CT molecular complexity index is 554. The highest BCUT2D eigenvalue weighted by Gasteiger charge is 2.25. The van der Waals surface area contributed by atoms with E-state index in [4.69, 9.17) is 4.74 Å². The van der Waals surface area contributed by atoms with E-state index in [1.165, 1.54) is 5.56 Å². The summed E-state index contributed by atoms with van der Waals surface area (Å²) >= 11 is 0. The molecule has 140 valence electrons. The number of likely N-dealkylation sites (tertiary alicyclic amines) is 1. The number of hydrogen-bond donors (Lipinski definition) is 1. The topological polar surface area (TPSA) is 53.0 Å². The molecule has 0 bridgehead atoms. The summed E-state index contributed by atoms with van der Waals surface area (Å²) in [6.07, 6.45) is 1.40. The molecule has 1 saturated heterocycles. The van der Waals surface area contributed by atoms with Crippen LogP contribution in [0.1, 0.15) is 45.1 Å². The van der Waals surface area contributed by atoms with Crippen molar-refractivity contribution in [3.63, 3.8) is 0 Å². The number of β-amino-alcohol motifs (C(OH)–C–C–N with tert-alkyl or cyclic N) is 1. The van der Waals surface area contributed by atoms with Crippen LogP contribution in [-0.4, -0.2) is 66.2 Å². The molecule has 1 fully saturated rings. The third kappa shape index (κ3) is 5.72. The van der Waals surface area contributed by atoms with Crippen LogP contribution < -0.4 is 4.74 Å². The number of benzene rings is 1. The first-order chi connectivity index (χ1) is 11.9. The minimum Gasteiger partial charge on any atom is -0.491 e. The van der Waals surface area contributed by atoms with Gasteiger partial charge in [-0.3, -0.25) is 4.79 Å². The number of nitrogens with zero attached hydrogens (tertiary/aromatic N) is 2. The van der Waals surface area contributed by atoms with E-state index in [-0.39, 0.29) is 5.91 Å². The van der Waals surface area contributed by atoms with Crippen molar-refractivity contribution in [2.24, 2.45) is 0 Å². The Morgan fingerprint density at radius 2 is 1.96 bits per heavy atom. The monoisotopic (exact) mass is 348 g/mol. The Morgan fingerprint density at radius 1 is 1.32 bits per heavy atom. The number of rotatable bonds is 7. The number of carbonyl (C=O) groups is 1. The van der Waals surface area contributed by atoms with Crippen LogP contribution >= 0.6 is 0 Å². The second kappa shape index (κ2) is 9.20. The van der Waals surface area contributed by atoms with E-state index in [2.05, 4.69) is 24.8 Å². The van der Waals surface area contributed by atoms with Gasteiger partial charge in [0.15, 0.2) is 0 Å². The van der Waals surface area contributed by atoms with E-state index in [0.717, 1.165) is 31.7 Å². The molecule has 1 aliphatic rings. The summed E-state index contributed by atoms with van der Waals surface area (Å²) < 4.78 is 5.86. The Hall–Kier alpha value is -1.59. The third-order valence-corrected chi connectivity index (χ3v) is 5.04. The Labute approximate surface area is 151 Å². The lowest BCUT2D eigenvalue weighted by atomic mass is 10.0. The van der Waals surface area contributed by atoms with Gasteiger partial charge in [0.1, 0.15) is 18.5 Å². The van der Waals surface area contributed by atoms with Gasteiger partial charge < -0.3 is 19.6 Å². The molecule has 0 aromatic heterocycles. The van der Waals surface area contributed by atoms with E-state index in [0.29, 0.717) is 25.1 Å². The van der Waals surface area contributed by atoms with E-state index >= 15 is 0 Å². The van der Waals surface area contributed by atoms with Crippen molar-refractivity contribution in [1.82, 2.24) is 9.80 Å². The van der Waals surface area contributed by atoms with Crippen molar-refractivity contribution >= 4 is 5.91 Å². The maximum Gasteiger partial charge on any atom is 0.219 e. The average Bonchev–Trinajstić information content (AvgIpc) is 2.60. The van der Waals surface area contributed by atoms with Gasteiger partial charge in [-0.25, -0.2) is 0 Å². The number of piperidine rings is 1. The second-order valence-corrected chi connectivity index (χ2v) is 7.32. The highest BCUT2D eigenvalue weighted by molar-refractivity contribution is 5.73. The van der Waals surface area contributed by atoms with Gasteiger partial charge in [-0.15, -0.1) is 0 Å². The molecule has 0 spiro atoms. The Morgan fingerprint density at radius 3 is 2.56 bits per heavy atom. The zero-order valence-electron chi connectivity index (χ0n) is 15.9. The number of carbonyl (C=O) groups excluding carboxylic acids is 1. The highest BCUT2D eigenvalue weighted by atomic mass is 16.5. The van der Waals surface area contributed by atoms with Crippen molar-refractivity contribution in [3.05, 3.63) is 29.8 Å². The van der Waals surface area contributed by atoms with Crippen molar-refractivity contribution in [3.8, 4) is 5.75 Å². The van der Waals surface area contributed by atoms with Crippen LogP contribution in [0.3, 0.4) is 0 Å². The van der Waals surface area contributed by atoms with Gasteiger partial charge in [-0.2, -0.15) is 0 Å². The molecule has 1 N–H and O–H groups in total. The summed E-state index contributed by atoms with van der Waals surface area (Å²) in [6.45, 7) is 8.62. The number of amides is 1. The van der Waals surface area contributed by atoms with Gasteiger partial charge in [0.05, 0.1) is 0 Å². The molecule has 1 aliphatic heterocycles. The van der Waals surface area contributed by atoms with Gasteiger partial charge in [0, 0.05) is 39.6 Å². The highest BCUT2D eigenvalue weighted by Crippen LogP contribution is 2.26. The summed E-state index contributed by atoms with van der Waals surface area (Å²) in [5, 5.41) is 10.3. The summed E-state index contributed by atoms with van der Waals surface area (Å²) in [7, 11) is 1.87. The van der Waals surface area contributed by atoms with Crippen LogP contribution in [0.15, 0.2) is 24.3 Å². The van der Waals surface area contributed by atoms with Crippen molar-refractivity contribution < 1.29 is 14.6 Å². The molecule has 0 radical (unpaired) electrons. The standard InChI is InChI=1S/C20H32N2O3/c1-15(2)19-7-5-6-8-20(19)25-14-18(24)13-22-11-9-17(10-12-22)21(4)16(3)23/h5-8,15,17-18,24H,9-14H2,1-4H3. The average molecular weight is 348 g/mol. The van der Waals surface area contributed by atoms with E-state index in [9.17, 15) is 9.90 Å². The number of hydrogen-bond acceptors (Lipinski definition) is 4. The molecule has 1 aromatic carbocycles. The predicted molar refractivity (Wildman–Crippen MR) is 99.9 cm³/mol. The Kier molecular flexibility index (Phi) is 7.26. The fourth-order valence-corrected chi connectivity index (χ4v) is 3.37. The summed E-state index contributed by atoms with van der Waals surface area (Å²) in [4.78, 5) is 15.5. The molecule has 2 rings (SSSR count). The van der Waals surface area contributed by atoms with E-state index in [1.54, 1.807) is 6.92 Å². The lowest BCUT2D eigenvalue weighted by Gasteiger charge is -2.37. The molecule has 25 heavy (non-hydrogen) atoms. The van der Waals surface area contributed by atoms with Gasteiger partial charge >= 0.3 is 0 Å². The fourth-order valence-electron chi connectivity index (χ4n) is 3.37. The summed E-state index contributed by atoms with van der Waals surface area (Å²) in [6, 6.07) is 8.33. The maximum atomic E-state index is 11.5. The molecule has 0 saturated carbocycles. The lowest BCUT2D eigenvalue weighted by molar-refractivity contribution is -0.130. The van der Waals surface area contributed by atoms with Gasteiger partial charge in [-0.1, -0.05) is 32.0 Å². The Balaban J connectivity index is 1.77. The van der Waals surface area contributed by atoms with Crippen molar-refractivity contribution in [2.75, 3.05) is 33.3 Å². The number of para-hydroxylation sites is 1. The fraction of sp³-hybridized carbons (Fsp3) is 0.650. The minimum atomic E-state index is -0.512. The van der Waals surface area contributed by atoms with Crippen molar-refractivity contribution in [1.29, 1.82) is 0 Å². The zero-order valence-corrected chi connectivity index (χ0v) is 15.9. The second-order valence-electron chi connectivity index (χ2n) is 7.32. The third-order valence-electron chi connectivity index (χ3n) is 5.04. The first-order valence-corrected chi connectivity index (χ1v) is 9.24. The first-order valence-electron chi connectivity index (χ1n) is 9.24. The van der Waals surface area contributed by atoms with E-state index < -0.39 is 6.10 Å². The largest absolute Gasteiger partial charge is 0.491 e. The summed E-state index contributed by atoms with van der Waals surface area (Å²) in [5.41, 5.74) is 1.17. The van der Waals surface area contributed by atoms with Gasteiger partial charge in [0.25, 0.3) is 0 Å². The predicted octanol–water partition coefficient (Wildman–Crippen LogP) is 2.49. The smallest absolute Gasteiger partial charge is 0.219 e. The lowest BCUT2D eigenvalue weighted by Crippen LogP contribution is -2.47.